The van der Waals surface area contributed by atoms with Crippen molar-refractivity contribution in [3.8, 4) is 5.75 Å². The topological polar surface area (TPSA) is 41.5 Å². The average molecular weight is 237 g/mol. The van der Waals surface area contributed by atoms with Gasteiger partial charge in [-0.15, -0.1) is 0 Å². The predicted molar refractivity (Wildman–Crippen MR) is 70.3 cm³/mol. The van der Waals surface area contributed by atoms with Crippen molar-refractivity contribution >= 4 is 0 Å². The van der Waals surface area contributed by atoms with E-state index in [0.29, 0.717) is 13.2 Å². The van der Waals surface area contributed by atoms with E-state index in [1.807, 2.05) is 32.0 Å². The van der Waals surface area contributed by atoms with Crippen LogP contribution in [0, 0.1) is 0 Å². The molecule has 0 saturated heterocycles. The minimum atomic E-state index is -0.271. The van der Waals surface area contributed by atoms with Crippen LogP contribution in [0.15, 0.2) is 24.3 Å². The zero-order valence-electron chi connectivity index (χ0n) is 10.9. The van der Waals surface area contributed by atoms with Gasteiger partial charge in [0.05, 0.1) is 12.7 Å². The molecule has 0 spiro atoms. The van der Waals surface area contributed by atoms with Crippen molar-refractivity contribution in [2.45, 2.75) is 39.3 Å². The lowest BCUT2D eigenvalue weighted by Crippen LogP contribution is -2.28. The smallest absolute Gasteiger partial charge is 0.119 e. The molecule has 0 bridgehead atoms. The van der Waals surface area contributed by atoms with Gasteiger partial charge in [-0.2, -0.15) is 0 Å². The van der Waals surface area contributed by atoms with Crippen molar-refractivity contribution in [2.75, 3.05) is 13.2 Å². The molecule has 1 aromatic carbocycles. The molecule has 0 aliphatic carbocycles. The van der Waals surface area contributed by atoms with Crippen LogP contribution in [0.2, 0.25) is 0 Å². The van der Waals surface area contributed by atoms with Gasteiger partial charge in [0.15, 0.2) is 0 Å². The van der Waals surface area contributed by atoms with Gasteiger partial charge in [-0.1, -0.05) is 19.1 Å². The first-order valence-electron chi connectivity index (χ1n) is 6.31. The summed E-state index contributed by atoms with van der Waals surface area (Å²) in [6.45, 7) is 7.35. The summed E-state index contributed by atoms with van der Waals surface area (Å²) in [5, 5.41) is 12.8. The molecule has 2 atom stereocenters. The van der Waals surface area contributed by atoms with Gasteiger partial charge in [-0.3, -0.25) is 0 Å². The molecular weight excluding hydrogens is 214 g/mol. The Bertz CT molecular complexity index is 328. The third-order valence-corrected chi connectivity index (χ3v) is 2.80. The molecule has 2 N–H and O–H groups in total. The maximum absolute atomic E-state index is 9.51. The highest BCUT2D eigenvalue weighted by atomic mass is 16.5. The van der Waals surface area contributed by atoms with Crippen LogP contribution in [-0.4, -0.2) is 24.4 Å². The summed E-state index contributed by atoms with van der Waals surface area (Å²) in [6.07, 6.45) is 0.506. The van der Waals surface area contributed by atoms with E-state index in [9.17, 15) is 5.11 Å². The van der Waals surface area contributed by atoms with Crippen molar-refractivity contribution in [3.63, 3.8) is 0 Å². The SMILES string of the molecule is CCOc1cccc(C(C)NCC(O)CC)c1. The highest BCUT2D eigenvalue weighted by Crippen LogP contribution is 2.19. The van der Waals surface area contributed by atoms with Gasteiger partial charge in [0.25, 0.3) is 0 Å². The van der Waals surface area contributed by atoms with Gasteiger partial charge < -0.3 is 15.2 Å². The van der Waals surface area contributed by atoms with Crippen LogP contribution < -0.4 is 10.1 Å². The summed E-state index contributed by atoms with van der Waals surface area (Å²) in [4.78, 5) is 0. The molecule has 3 heteroatoms. The minimum absolute atomic E-state index is 0.219. The molecule has 3 nitrogen and oxygen atoms in total. The van der Waals surface area contributed by atoms with Gasteiger partial charge in [0.1, 0.15) is 5.75 Å². The van der Waals surface area contributed by atoms with E-state index < -0.39 is 0 Å². The molecule has 1 aromatic rings. The summed E-state index contributed by atoms with van der Waals surface area (Å²) in [7, 11) is 0. The molecule has 0 aromatic heterocycles. The number of benzene rings is 1. The van der Waals surface area contributed by atoms with Crippen LogP contribution in [0.3, 0.4) is 0 Å². The van der Waals surface area contributed by atoms with E-state index in [0.717, 1.165) is 12.2 Å². The van der Waals surface area contributed by atoms with Crippen molar-refractivity contribution in [1.29, 1.82) is 0 Å². The van der Waals surface area contributed by atoms with Crippen molar-refractivity contribution in [2.24, 2.45) is 0 Å². The van der Waals surface area contributed by atoms with E-state index in [4.69, 9.17) is 4.74 Å². The Morgan fingerprint density at radius 1 is 1.35 bits per heavy atom. The fourth-order valence-corrected chi connectivity index (χ4v) is 1.62. The number of hydrogen-bond donors (Lipinski definition) is 2. The first-order valence-corrected chi connectivity index (χ1v) is 6.31. The Labute approximate surface area is 104 Å². The molecular formula is C14H23NO2. The van der Waals surface area contributed by atoms with Crippen LogP contribution in [-0.2, 0) is 0 Å². The van der Waals surface area contributed by atoms with Crippen LogP contribution in [0.1, 0.15) is 38.8 Å². The summed E-state index contributed by atoms with van der Waals surface area (Å²) in [5.41, 5.74) is 1.18. The molecule has 0 amide bonds. The molecule has 0 aliphatic rings. The number of ether oxygens (including phenoxy) is 1. The Hall–Kier alpha value is -1.06. The quantitative estimate of drug-likeness (QED) is 0.765. The molecule has 17 heavy (non-hydrogen) atoms. The average Bonchev–Trinajstić information content (AvgIpc) is 2.36. The van der Waals surface area contributed by atoms with Gasteiger partial charge in [-0.05, 0) is 38.0 Å². The van der Waals surface area contributed by atoms with E-state index in [-0.39, 0.29) is 12.1 Å². The largest absolute Gasteiger partial charge is 0.494 e. The Kier molecular flexibility index (Phi) is 6.01. The van der Waals surface area contributed by atoms with E-state index >= 15 is 0 Å². The molecule has 0 heterocycles. The van der Waals surface area contributed by atoms with Gasteiger partial charge in [0, 0.05) is 12.6 Å². The highest BCUT2D eigenvalue weighted by Gasteiger charge is 2.08. The second-order valence-corrected chi connectivity index (χ2v) is 4.20. The molecule has 1 rings (SSSR count). The molecule has 0 saturated carbocycles. The van der Waals surface area contributed by atoms with Crippen molar-refractivity contribution in [1.82, 2.24) is 5.32 Å². The van der Waals surface area contributed by atoms with Gasteiger partial charge in [-0.25, -0.2) is 0 Å². The first-order chi connectivity index (χ1) is 8.17. The Balaban J connectivity index is 2.55. The number of hydrogen-bond acceptors (Lipinski definition) is 3. The third kappa shape index (κ3) is 4.75. The van der Waals surface area contributed by atoms with Crippen LogP contribution >= 0.6 is 0 Å². The zero-order chi connectivity index (χ0) is 12.7. The summed E-state index contributed by atoms with van der Waals surface area (Å²) in [6, 6.07) is 8.28. The lowest BCUT2D eigenvalue weighted by atomic mass is 10.1. The van der Waals surface area contributed by atoms with Crippen LogP contribution in [0.4, 0.5) is 0 Å². The number of aliphatic hydroxyl groups excluding tert-OH is 1. The maximum atomic E-state index is 9.51. The monoisotopic (exact) mass is 237 g/mol. The Morgan fingerprint density at radius 2 is 2.12 bits per heavy atom. The number of aliphatic hydroxyl groups is 1. The lowest BCUT2D eigenvalue weighted by Gasteiger charge is -2.17. The molecule has 0 aliphatic heterocycles. The summed E-state index contributed by atoms with van der Waals surface area (Å²) < 4.78 is 5.47. The Morgan fingerprint density at radius 3 is 2.76 bits per heavy atom. The fourth-order valence-electron chi connectivity index (χ4n) is 1.62. The number of rotatable bonds is 7. The summed E-state index contributed by atoms with van der Waals surface area (Å²) in [5.74, 6) is 0.898. The van der Waals surface area contributed by atoms with E-state index in [1.54, 1.807) is 0 Å². The predicted octanol–water partition coefficient (Wildman–Crippen LogP) is 2.51. The standard InChI is InChI=1S/C14H23NO2/c1-4-13(16)10-15-11(3)12-7-6-8-14(9-12)17-5-2/h6-9,11,13,15-16H,4-5,10H2,1-3H3. The second-order valence-electron chi connectivity index (χ2n) is 4.20. The molecule has 96 valence electrons. The summed E-state index contributed by atoms with van der Waals surface area (Å²) >= 11 is 0. The normalized spacial score (nSPS) is 14.4. The third-order valence-electron chi connectivity index (χ3n) is 2.80. The first kappa shape index (κ1) is 14.0. The van der Waals surface area contributed by atoms with E-state index in [1.165, 1.54) is 5.56 Å². The van der Waals surface area contributed by atoms with Crippen LogP contribution in [0.25, 0.3) is 0 Å². The van der Waals surface area contributed by atoms with Crippen molar-refractivity contribution in [3.05, 3.63) is 29.8 Å². The number of nitrogens with one attached hydrogen (secondary N) is 1. The maximum Gasteiger partial charge on any atom is 0.119 e. The van der Waals surface area contributed by atoms with Crippen LogP contribution in [0.5, 0.6) is 5.75 Å². The zero-order valence-corrected chi connectivity index (χ0v) is 10.9. The van der Waals surface area contributed by atoms with Gasteiger partial charge in [0.2, 0.25) is 0 Å². The fraction of sp³-hybridized carbons (Fsp3) is 0.571. The molecule has 0 radical (unpaired) electrons. The molecule has 2 unspecified atom stereocenters. The van der Waals surface area contributed by atoms with Crippen molar-refractivity contribution < 1.29 is 9.84 Å². The van der Waals surface area contributed by atoms with Gasteiger partial charge >= 0.3 is 0 Å². The minimum Gasteiger partial charge on any atom is -0.494 e. The molecule has 0 fully saturated rings. The van der Waals surface area contributed by atoms with E-state index in [2.05, 4.69) is 18.3 Å². The lowest BCUT2D eigenvalue weighted by molar-refractivity contribution is 0.163. The highest BCUT2D eigenvalue weighted by molar-refractivity contribution is 5.30. The second kappa shape index (κ2) is 7.30.